The Kier molecular flexibility index (Phi) is 11.9. The van der Waals surface area contributed by atoms with Gasteiger partial charge in [-0.15, -0.1) is 11.3 Å². The molecule has 43 heavy (non-hydrogen) atoms. The zero-order valence-electron chi connectivity index (χ0n) is 25.7. The molecule has 7 nitrogen and oxygen atoms in total. The maximum absolute atomic E-state index is 13.4. The van der Waals surface area contributed by atoms with Crippen LogP contribution in [-0.4, -0.2) is 54.4 Å². The van der Waals surface area contributed by atoms with Crippen molar-refractivity contribution in [2.45, 2.75) is 52.7 Å². The van der Waals surface area contributed by atoms with Crippen LogP contribution in [0.3, 0.4) is 0 Å². The van der Waals surface area contributed by atoms with Crippen LogP contribution in [0.1, 0.15) is 62.8 Å². The Hall–Kier alpha value is -4.01. The first-order valence-electron chi connectivity index (χ1n) is 15.0. The van der Waals surface area contributed by atoms with Crippen molar-refractivity contribution in [3.05, 3.63) is 117 Å². The Labute approximate surface area is 260 Å². The minimum absolute atomic E-state index is 0.0698. The molecule has 0 radical (unpaired) electrons. The summed E-state index contributed by atoms with van der Waals surface area (Å²) < 4.78 is 0. The lowest BCUT2D eigenvalue weighted by atomic mass is 10.0. The van der Waals surface area contributed by atoms with Gasteiger partial charge >= 0.3 is 0 Å². The fourth-order valence-corrected chi connectivity index (χ4v) is 5.94. The molecule has 0 spiro atoms. The topological polar surface area (TPSA) is 77.6 Å². The van der Waals surface area contributed by atoms with E-state index in [4.69, 9.17) is 0 Å². The minimum Gasteiger partial charge on any atom is -0.372 e. The molecule has 1 atom stereocenters. The van der Waals surface area contributed by atoms with Crippen LogP contribution in [0.5, 0.6) is 0 Å². The molecular weight excluding hydrogens is 554 g/mol. The molecule has 0 aliphatic rings. The second-order valence-electron chi connectivity index (χ2n) is 10.8. The predicted octanol–water partition coefficient (Wildman–Crippen LogP) is 6.09. The maximum Gasteiger partial charge on any atom is 0.253 e. The van der Waals surface area contributed by atoms with Gasteiger partial charge in [-0.3, -0.25) is 9.59 Å². The number of hydrogen-bond acceptors (Lipinski definition) is 6. The van der Waals surface area contributed by atoms with E-state index in [0.717, 1.165) is 49.7 Å². The first-order valence-corrected chi connectivity index (χ1v) is 15.9. The summed E-state index contributed by atoms with van der Waals surface area (Å²) in [7, 11) is 1.76. The molecule has 0 saturated heterocycles. The van der Waals surface area contributed by atoms with Crippen molar-refractivity contribution < 1.29 is 9.59 Å². The van der Waals surface area contributed by atoms with Crippen LogP contribution in [-0.2, 0) is 19.5 Å². The summed E-state index contributed by atoms with van der Waals surface area (Å²) in [6, 6.07) is 25.8. The van der Waals surface area contributed by atoms with Gasteiger partial charge in [-0.1, -0.05) is 48.5 Å². The zero-order chi connectivity index (χ0) is 30.6. The Bertz CT molecular complexity index is 1470. The van der Waals surface area contributed by atoms with E-state index in [1.54, 1.807) is 36.2 Å². The van der Waals surface area contributed by atoms with Gasteiger partial charge in [0.05, 0.1) is 6.54 Å². The third kappa shape index (κ3) is 9.49. The number of aromatic nitrogens is 1. The second-order valence-corrected chi connectivity index (χ2v) is 11.7. The van der Waals surface area contributed by atoms with Crippen molar-refractivity contribution in [1.29, 1.82) is 0 Å². The summed E-state index contributed by atoms with van der Waals surface area (Å²) >= 11 is 1.54. The lowest BCUT2D eigenvalue weighted by Crippen LogP contribution is -2.38. The Morgan fingerprint density at radius 3 is 2.35 bits per heavy atom. The van der Waals surface area contributed by atoms with Crippen LogP contribution in [0, 0.1) is 6.92 Å². The maximum atomic E-state index is 13.4. The van der Waals surface area contributed by atoms with Crippen molar-refractivity contribution >= 4 is 28.8 Å². The van der Waals surface area contributed by atoms with Gasteiger partial charge in [0.1, 0.15) is 5.01 Å². The van der Waals surface area contributed by atoms with Gasteiger partial charge < -0.3 is 20.4 Å². The van der Waals surface area contributed by atoms with Crippen molar-refractivity contribution in [2.75, 3.05) is 31.6 Å². The molecular formula is C35H43N5O2S. The Morgan fingerprint density at radius 1 is 0.907 bits per heavy atom. The summed E-state index contributed by atoms with van der Waals surface area (Å²) in [5.41, 5.74) is 5.56. The van der Waals surface area contributed by atoms with Crippen LogP contribution < -0.4 is 15.5 Å². The predicted molar refractivity (Wildman–Crippen MR) is 177 cm³/mol. The number of thiazole rings is 1. The molecule has 3 aromatic carbocycles. The van der Waals surface area contributed by atoms with Crippen LogP contribution >= 0.6 is 11.3 Å². The highest BCUT2D eigenvalue weighted by Gasteiger charge is 2.18. The average Bonchev–Trinajstić information content (AvgIpc) is 3.44. The van der Waals surface area contributed by atoms with E-state index in [2.05, 4.69) is 70.8 Å². The van der Waals surface area contributed by atoms with Crippen LogP contribution in [0.2, 0.25) is 0 Å². The van der Waals surface area contributed by atoms with Crippen molar-refractivity contribution in [1.82, 2.24) is 20.5 Å². The largest absolute Gasteiger partial charge is 0.372 e. The quantitative estimate of drug-likeness (QED) is 0.162. The molecule has 8 heteroatoms. The molecule has 0 saturated carbocycles. The molecule has 4 aromatic rings. The van der Waals surface area contributed by atoms with E-state index in [9.17, 15) is 9.59 Å². The van der Waals surface area contributed by atoms with E-state index in [1.165, 1.54) is 28.2 Å². The fraction of sp³-hybridized carbons (Fsp3) is 0.343. The van der Waals surface area contributed by atoms with E-state index >= 15 is 0 Å². The average molecular weight is 598 g/mol. The number of amides is 2. The molecule has 0 unspecified atom stereocenters. The number of hydrogen-bond donors (Lipinski definition) is 2. The van der Waals surface area contributed by atoms with Crippen molar-refractivity contribution in [3.63, 3.8) is 0 Å². The third-order valence-electron chi connectivity index (χ3n) is 7.46. The lowest BCUT2D eigenvalue weighted by Gasteiger charge is -2.22. The number of rotatable bonds is 15. The summed E-state index contributed by atoms with van der Waals surface area (Å²) in [4.78, 5) is 35.0. The normalized spacial score (nSPS) is 11.6. The molecule has 0 fully saturated rings. The lowest BCUT2D eigenvalue weighted by molar-refractivity contribution is 0.0785. The molecule has 0 aliphatic heterocycles. The number of nitrogens with zero attached hydrogens (tertiary/aromatic N) is 3. The van der Waals surface area contributed by atoms with Crippen molar-refractivity contribution in [3.8, 4) is 0 Å². The molecule has 1 aromatic heterocycles. The standard InChI is InChI=1S/C35H43N5O2S/c1-5-40(6-2)32-17-10-14-28(21-32)23-36-19-18-31(20-27-12-8-7-9-13-27)38-34(41)29-15-11-16-30(22-29)35(42)39(4)24-33-37-26(3)25-43-33/h7-17,21-22,25,31,36H,5-6,18-20,23-24H2,1-4H3,(H,38,41)/t31-/m1/s1. The van der Waals surface area contributed by atoms with E-state index < -0.39 is 0 Å². The van der Waals surface area contributed by atoms with Gasteiger partial charge in [0.15, 0.2) is 0 Å². The van der Waals surface area contributed by atoms with E-state index in [0.29, 0.717) is 17.7 Å². The number of nitrogens with one attached hydrogen (secondary N) is 2. The van der Waals surface area contributed by atoms with Crippen LogP contribution in [0.25, 0.3) is 0 Å². The van der Waals surface area contributed by atoms with Crippen molar-refractivity contribution in [2.24, 2.45) is 0 Å². The van der Waals surface area contributed by atoms with E-state index in [-0.39, 0.29) is 17.9 Å². The van der Waals surface area contributed by atoms with Crippen LogP contribution in [0.15, 0.2) is 84.2 Å². The summed E-state index contributed by atoms with van der Waals surface area (Å²) in [6.07, 6.45) is 1.49. The molecule has 2 N–H and O–H groups in total. The third-order valence-corrected chi connectivity index (χ3v) is 8.41. The Morgan fingerprint density at radius 2 is 1.63 bits per heavy atom. The smallest absolute Gasteiger partial charge is 0.253 e. The van der Waals surface area contributed by atoms with Gasteiger partial charge in [-0.2, -0.15) is 0 Å². The van der Waals surface area contributed by atoms with Gasteiger partial charge in [-0.25, -0.2) is 4.98 Å². The van der Waals surface area contributed by atoms with Gasteiger partial charge in [0.2, 0.25) is 0 Å². The second kappa shape index (κ2) is 16.0. The van der Waals surface area contributed by atoms with E-state index in [1.807, 2.05) is 30.5 Å². The highest BCUT2D eigenvalue weighted by atomic mass is 32.1. The summed E-state index contributed by atoms with van der Waals surface area (Å²) in [5, 5.41) is 9.67. The number of anilines is 1. The SMILES string of the molecule is CCN(CC)c1cccc(CNCC[C@H](Cc2ccccc2)NC(=O)c2cccc(C(=O)N(C)Cc3nc(C)cs3)c2)c1. The zero-order valence-corrected chi connectivity index (χ0v) is 26.5. The number of carbonyl (C=O) groups is 2. The highest BCUT2D eigenvalue weighted by Crippen LogP contribution is 2.17. The van der Waals surface area contributed by atoms with Crippen LogP contribution in [0.4, 0.5) is 5.69 Å². The Balaban J connectivity index is 1.38. The number of benzene rings is 3. The highest BCUT2D eigenvalue weighted by molar-refractivity contribution is 7.09. The summed E-state index contributed by atoms with van der Waals surface area (Å²) in [5.74, 6) is -0.321. The van der Waals surface area contributed by atoms with Gasteiger partial charge in [-0.05, 0) is 81.6 Å². The summed E-state index contributed by atoms with van der Waals surface area (Å²) in [6.45, 7) is 10.2. The molecule has 226 valence electrons. The molecule has 0 aliphatic carbocycles. The van der Waals surface area contributed by atoms with Gasteiger partial charge in [0.25, 0.3) is 11.8 Å². The fourth-order valence-electron chi connectivity index (χ4n) is 5.12. The first-order chi connectivity index (χ1) is 20.9. The van der Waals surface area contributed by atoms with Gasteiger partial charge in [0, 0.05) is 60.6 Å². The molecule has 0 bridgehead atoms. The number of carbonyl (C=O) groups excluding carboxylic acids is 2. The number of aryl methyl sites for hydroxylation is 1. The molecule has 2 amide bonds. The molecule has 1 heterocycles. The monoisotopic (exact) mass is 597 g/mol. The molecule has 4 rings (SSSR count). The first kappa shape index (κ1) is 31.9. The minimum atomic E-state index is -0.180.